The number of halogens is 1. The average Bonchev–Trinajstić information content (AvgIpc) is 2.66. The summed E-state index contributed by atoms with van der Waals surface area (Å²) < 4.78 is 5.06. The highest BCUT2D eigenvalue weighted by Gasteiger charge is 2.23. The largest absolute Gasteiger partial charge is 0.450 e. The van der Waals surface area contributed by atoms with Crippen LogP contribution < -0.4 is 15.5 Å². The molecule has 0 saturated carbocycles. The number of nitrogens with one attached hydrogen (secondary N) is 2. The van der Waals surface area contributed by atoms with Crippen molar-refractivity contribution in [2.45, 2.75) is 32.4 Å². The van der Waals surface area contributed by atoms with E-state index in [-0.39, 0.29) is 30.1 Å². The Morgan fingerprint density at radius 3 is 2.41 bits per heavy atom. The maximum atomic E-state index is 11.8. The van der Waals surface area contributed by atoms with Crippen molar-refractivity contribution >= 4 is 41.7 Å². The summed E-state index contributed by atoms with van der Waals surface area (Å²) in [6.07, 6.45) is 1.56. The molecular formula is C19H32IN5O2. The molecule has 0 unspecified atom stereocenters. The van der Waals surface area contributed by atoms with Crippen LogP contribution in [-0.4, -0.2) is 63.8 Å². The Morgan fingerprint density at radius 2 is 1.89 bits per heavy atom. The lowest BCUT2D eigenvalue weighted by Gasteiger charge is -2.32. The minimum Gasteiger partial charge on any atom is -0.450 e. The van der Waals surface area contributed by atoms with E-state index in [2.05, 4.69) is 44.8 Å². The smallest absolute Gasteiger partial charge is 0.409 e. The number of guanidine groups is 1. The predicted octanol–water partition coefficient (Wildman–Crippen LogP) is 2.66. The van der Waals surface area contributed by atoms with Crippen LogP contribution in [0, 0.1) is 0 Å². The third-order valence-corrected chi connectivity index (χ3v) is 4.50. The van der Waals surface area contributed by atoms with Gasteiger partial charge in [0.2, 0.25) is 0 Å². The van der Waals surface area contributed by atoms with Gasteiger partial charge in [-0.3, -0.25) is 4.99 Å². The third-order valence-electron chi connectivity index (χ3n) is 4.50. The molecule has 1 amide bonds. The van der Waals surface area contributed by atoms with E-state index >= 15 is 0 Å². The van der Waals surface area contributed by atoms with Crippen LogP contribution in [0.2, 0.25) is 0 Å². The molecule has 0 aromatic heterocycles. The van der Waals surface area contributed by atoms with E-state index in [0.29, 0.717) is 25.7 Å². The molecule has 8 heteroatoms. The molecule has 0 radical (unpaired) electrons. The molecule has 1 fully saturated rings. The fourth-order valence-electron chi connectivity index (χ4n) is 2.91. The molecule has 0 aliphatic carbocycles. The molecule has 1 aromatic rings. The number of hydrogen-bond acceptors (Lipinski definition) is 4. The van der Waals surface area contributed by atoms with Crippen LogP contribution in [0.5, 0.6) is 0 Å². The molecule has 1 aromatic carbocycles. The number of rotatable bonds is 5. The minimum absolute atomic E-state index is 0. The molecule has 1 saturated heterocycles. The second-order valence-electron chi connectivity index (χ2n) is 6.59. The molecule has 1 heterocycles. The molecule has 7 nitrogen and oxygen atoms in total. The van der Waals surface area contributed by atoms with Crippen molar-refractivity contribution in [1.82, 2.24) is 15.5 Å². The number of ether oxygens (including phenoxy) is 1. The summed E-state index contributed by atoms with van der Waals surface area (Å²) in [5.74, 6) is 0.788. The van der Waals surface area contributed by atoms with E-state index in [1.807, 2.05) is 21.0 Å². The molecule has 0 spiro atoms. The Morgan fingerprint density at radius 1 is 1.26 bits per heavy atom. The van der Waals surface area contributed by atoms with Crippen LogP contribution in [0.1, 0.15) is 25.3 Å². The summed E-state index contributed by atoms with van der Waals surface area (Å²) in [5.41, 5.74) is 2.39. The molecule has 0 bridgehead atoms. The summed E-state index contributed by atoms with van der Waals surface area (Å²) in [6, 6.07) is 8.76. The van der Waals surface area contributed by atoms with Gasteiger partial charge >= 0.3 is 6.09 Å². The normalized spacial score (nSPS) is 15.0. The number of nitrogens with zero attached hydrogens (tertiary/aromatic N) is 3. The van der Waals surface area contributed by atoms with Crippen LogP contribution >= 0.6 is 24.0 Å². The number of likely N-dealkylation sites (tertiary alicyclic amines) is 1. The summed E-state index contributed by atoms with van der Waals surface area (Å²) in [4.78, 5) is 19.9. The standard InChI is InChI=1S/C19H31N5O2.HI/c1-5-26-19(25)24-12-10-16(11-13-24)22-18(20-2)21-14-15-6-8-17(9-7-15)23(3)4;/h6-9,16H,5,10-14H2,1-4H3,(H2,20,21,22);1H. The third kappa shape index (κ3) is 7.43. The number of carbonyl (C=O) groups excluding carboxylic acids is 1. The van der Waals surface area contributed by atoms with Crippen LogP contribution in [0.3, 0.4) is 0 Å². The predicted molar refractivity (Wildman–Crippen MR) is 121 cm³/mol. The zero-order chi connectivity index (χ0) is 18.9. The van der Waals surface area contributed by atoms with Crippen LogP contribution in [-0.2, 0) is 11.3 Å². The van der Waals surface area contributed by atoms with Crippen molar-refractivity contribution in [2.24, 2.45) is 4.99 Å². The van der Waals surface area contributed by atoms with E-state index in [1.165, 1.54) is 11.3 Å². The van der Waals surface area contributed by atoms with Crippen molar-refractivity contribution in [2.75, 3.05) is 45.7 Å². The number of carbonyl (C=O) groups is 1. The SMILES string of the molecule is CCOC(=O)N1CCC(NC(=NC)NCc2ccc(N(C)C)cc2)CC1.I. The van der Waals surface area contributed by atoms with Crippen molar-refractivity contribution in [3.8, 4) is 0 Å². The number of aliphatic imine (C=N–C) groups is 1. The van der Waals surface area contributed by atoms with Crippen molar-refractivity contribution < 1.29 is 9.53 Å². The van der Waals surface area contributed by atoms with E-state index in [9.17, 15) is 4.79 Å². The van der Waals surface area contributed by atoms with Crippen LogP contribution in [0.15, 0.2) is 29.3 Å². The van der Waals surface area contributed by atoms with Gasteiger partial charge in [0.15, 0.2) is 5.96 Å². The van der Waals surface area contributed by atoms with Crippen LogP contribution in [0.25, 0.3) is 0 Å². The molecule has 0 atom stereocenters. The summed E-state index contributed by atoms with van der Waals surface area (Å²) in [6.45, 7) is 4.38. The first kappa shape index (κ1) is 23.3. The zero-order valence-corrected chi connectivity index (χ0v) is 19.0. The van der Waals surface area contributed by atoms with Gasteiger partial charge in [-0.05, 0) is 37.5 Å². The van der Waals surface area contributed by atoms with E-state index in [4.69, 9.17) is 4.74 Å². The number of benzene rings is 1. The highest BCUT2D eigenvalue weighted by Crippen LogP contribution is 2.13. The molecule has 2 rings (SSSR count). The maximum Gasteiger partial charge on any atom is 0.409 e. The maximum absolute atomic E-state index is 11.8. The van der Waals surface area contributed by atoms with Crippen molar-refractivity contribution in [3.05, 3.63) is 29.8 Å². The number of anilines is 1. The average molecular weight is 489 g/mol. The first-order valence-corrected chi connectivity index (χ1v) is 9.18. The Labute approximate surface area is 179 Å². The van der Waals surface area contributed by atoms with Crippen LogP contribution in [0.4, 0.5) is 10.5 Å². The fourth-order valence-corrected chi connectivity index (χ4v) is 2.91. The van der Waals surface area contributed by atoms with Gasteiger partial charge in [0, 0.05) is 52.5 Å². The first-order valence-electron chi connectivity index (χ1n) is 9.18. The quantitative estimate of drug-likeness (QED) is 0.378. The van der Waals surface area contributed by atoms with Crippen molar-refractivity contribution in [1.29, 1.82) is 0 Å². The molecule has 2 N–H and O–H groups in total. The van der Waals surface area contributed by atoms with Gasteiger partial charge in [-0.2, -0.15) is 0 Å². The fraction of sp³-hybridized carbons (Fsp3) is 0.579. The monoisotopic (exact) mass is 489 g/mol. The Balaban J connectivity index is 0.00000364. The summed E-state index contributed by atoms with van der Waals surface area (Å²) in [5, 5.41) is 6.80. The second-order valence-corrected chi connectivity index (χ2v) is 6.59. The van der Waals surface area contributed by atoms with Gasteiger partial charge in [0.25, 0.3) is 0 Å². The highest BCUT2D eigenvalue weighted by molar-refractivity contribution is 14.0. The molecule has 152 valence electrons. The van der Waals surface area contributed by atoms with Gasteiger partial charge in [-0.25, -0.2) is 4.79 Å². The van der Waals surface area contributed by atoms with Gasteiger partial charge in [-0.15, -0.1) is 24.0 Å². The minimum atomic E-state index is -0.213. The second kappa shape index (κ2) is 11.9. The van der Waals surface area contributed by atoms with E-state index < -0.39 is 0 Å². The van der Waals surface area contributed by atoms with Gasteiger partial charge in [-0.1, -0.05) is 12.1 Å². The Bertz CT molecular complexity index is 599. The highest BCUT2D eigenvalue weighted by atomic mass is 127. The van der Waals surface area contributed by atoms with E-state index in [1.54, 1.807) is 11.9 Å². The molecule has 1 aliphatic rings. The lowest BCUT2D eigenvalue weighted by Crippen LogP contribution is -2.49. The summed E-state index contributed by atoms with van der Waals surface area (Å²) in [7, 11) is 5.84. The van der Waals surface area contributed by atoms with Gasteiger partial charge in [0.05, 0.1) is 6.61 Å². The lowest BCUT2D eigenvalue weighted by atomic mass is 10.1. The topological polar surface area (TPSA) is 69.2 Å². The molecule has 27 heavy (non-hydrogen) atoms. The first-order chi connectivity index (χ1) is 12.5. The zero-order valence-electron chi connectivity index (χ0n) is 16.7. The van der Waals surface area contributed by atoms with Gasteiger partial charge in [0.1, 0.15) is 0 Å². The molecular weight excluding hydrogens is 457 g/mol. The molecule has 1 aliphatic heterocycles. The Hall–Kier alpha value is -1.71. The number of amides is 1. The summed E-state index contributed by atoms with van der Waals surface area (Å²) >= 11 is 0. The van der Waals surface area contributed by atoms with Crippen molar-refractivity contribution in [3.63, 3.8) is 0 Å². The van der Waals surface area contributed by atoms with Gasteiger partial charge < -0.3 is 25.2 Å². The number of piperidine rings is 1. The van der Waals surface area contributed by atoms with E-state index in [0.717, 1.165) is 25.3 Å². The number of hydrogen-bond donors (Lipinski definition) is 2. The lowest BCUT2D eigenvalue weighted by molar-refractivity contribution is 0.0963. The Kier molecular flexibility index (Phi) is 10.3.